The van der Waals surface area contributed by atoms with Gasteiger partial charge in [0, 0.05) is 0 Å². The third kappa shape index (κ3) is 2.98. The third-order valence-corrected chi connectivity index (χ3v) is 3.42. The first-order chi connectivity index (χ1) is 7.63. The summed E-state index contributed by atoms with van der Waals surface area (Å²) in [5.74, 6) is 1.44. The molecule has 0 nitrogen and oxygen atoms in total. The SMILES string of the molecule is CC1=CC(CC2C=CC=C(C)C2)=CC(C)C1. The Morgan fingerprint density at radius 2 is 2.00 bits per heavy atom. The molecule has 2 unspecified atom stereocenters. The average molecular weight is 214 g/mol. The van der Waals surface area contributed by atoms with E-state index in [0.717, 1.165) is 5.92 Å². The van der Waals surface area contributed by atoms with Crippen LogP contribution in [0.25, 0.3) is 0 Å². The first kappa shape index (κ1) is 11.4. The van der Waals surface area contributed by atoms with Gasteiger partial charge in [0.2, 0.25) is 0 Å². The average Bonchev–Trinajstić information content (AvgIpc) is 2.15. The highest BCUT2D eigenvalue weighted by molar-refractivity contribution is 5.30. The second-order valence-electron chi connectivity index (χ2n) is 5.48. The second kappa shape index (κ2) is 4.86. The molecule has 0 radical (unpaired) electrons. The van der Waals surface area contributed by atoms with Crippen molar-refractivity contribution in [3.05, 3.63) is 47.1 Å². The predicted molar refractivity (Wildman–Crippen MR) is 71.2 cm³/mol. The number of rotatable bonds is 2. The fraction of sp³-hybridized carbons (Fsp3) is 0.500. The zero-order valence-corrected chi connectivity index (χ0v) is 10.7. The van der Waals surface area contributed by atoms with Gasteiger partial charge in [-0.05, 0) is 44.9 Å². The summed E-state index contributed by atoms with van der Waals surface area (Å²) in [5.41, 5.74) is 4.59. The van der Waals surface area contributed by atoms with Crippen molar-refractivity contribution in [1.29, 1.82) is 0 Å². The molecular weight excluding hydrogens is 192 g/mol. The first-order valence-corrected chi connectivity index (χ1v) is 6.35. The quantitative estimate of drug-likeness (QED) is 0.618. The summed E-state index contributed by atoms with van der Waals surface area (Å²) in [4.78, 5) is 0. The third-order valence-electron chi connectivity index (χ3n) is 3.42. The van der Waals surface area contributed by atoms with E-state index < -0.39 is 0 Å². The van der Waals surface area contributed by atoms with Crippen LogP contribution >= 0.6 is 0 Å². The highest BCUT2D eigenvalue weighted by atomic mass is 14.2. The lowest BCUT2D eigenvalue weighted by molar-refractivity contribution is 0.616. The van der Waals surface area contributed by atoms with Gasteiger partial charge in [0.25, 0.3) is 0 Å². The predicted octanol–water partition coefficient (Wildman–Crippen LogP) is 4.81. The molecule has 0 saturated heterocycles. The molecular formula is C16H22. The highest BCUT2D eigenvalue weighted by Crippen LogP contribution is 2.30. The van der Waals surface area contributed by atoms with Crippen LogP contribution in [0.15, 0.2) is 47.1 Å². The van der Waals surface area contributed by atoms with E-state index in [0.29, 0.717) is 5.92 Å². The summed E-state index contributed by atoms with van der Waals surface area (Å²) in [5, 5.41) is 0. The molecule has 2 aliphatic carbocycles. The largest absolute Gasteiger partial charge is 0.0808 e. The Kier molecular flexibility index (Phi) is 3.48. The molecule has 2 rings (SSSR count). The fourth-order valence-electron chi connectivity index (χ4n) is 2.85. The van der Waals surface area contributed by atoms with Crippen molar-refractivity contribution < 1.29 is 0 Å². The van der Waals surface area contributed by atoms with Gasteiger partial charge in [-0.1, -0.05) is 54.0 Å². The molecule has 2 atom stereocenters. The molecule has 0 aromatic rings. The number of hydrogen-bond donors (Lipinski definition) is 0. The van der Waals surface area contributed by atoms with E-state index in [2.05, 4.69) is 51.2 Å². The summed E-state index contributed by atoms with van der Waals surface area (Å²) < 4.78 is 0. The second-order valence-corrected chi connectivity index (χ2v) is 5.48. The zero-order valence-electron chi connectivity index (χ0n) is 10.7. The fourth-order valence-corrected chi connectivity index (χ4v) is 2.85. The Labute approximate surface area is 99.4 Å². The molecule has 0 aromatic heterocycles. The van der Waals surface area contributed by atoms with Gasteiger partial charge in [-0.25, -0.2) is 0 Å². The van der Waals surface area contributed by atoms with Gasteiger partial charge in [0.05, 0.1) is 0 Å². The summed E-state index contributed by atoms with van der Waals surface area (Å²) >= 11 is 0. The van der Waals surface area contributed by atoms with E-state index in [1.807, 2.05) is 0 Å². The molecule has 0 heteroatoms. The number of hydrogen-bond acceptors (Lipinski definition) is 0. The van der Waals surface area contributed by atoms with Crippen LogP contribution in [0.1, 0.15) is 40.0 Å². The smallest absolute Gasteiger partial charge is 0.0153 e. The minimum Gasteiger partial charge on any atom is -0.0808 e. The van der Waals surface area contributed by atoms with Crippen molar-refractivity contribution >= 4 is 0 Å². The molecule has 0 spiro atoms. The van der Waals surface area contributed by atoms with Crippen LogP contribution in [0.4, 0.5) is 0 Å². The molecule has 0 saturated carbocycles. The summed E-state index contributed by atoms with van der Waals surface area (Å²) in [6.07, 6.45) is 15.3. The van der Waals surface area contributed by atoms with Gasteiger partial charge >= 0.3 is 0 Å². The minimum absolute atomic E-state index is 0.714. The lowest BCUT2D eigenvalue weighted by atomic mass is 9.84. The van der Waals surface area contributed by atoms with Crippen LogP contribution in [0.5, 0.6) is 0 Å². The van der Waals surface area contributed by atoms with E-state index in [4.69, 9.17) is 0 Å². The molecule has 0 fully saturated rings. The van der Waals surface area contributed by atoms with Gasteiger partial charge in [0.15, 0.2) is 0 Å². The highest BCUT2D eigenvalue weighted by Gasteiger charge is 2.14. The van der Waals surface area contributed by atoms with Gasteiger partial charge in [-0.15, -0.1) is 0 Å². The maximum atomic E-state index is 2.45. The van der Waals surface area contributed by atoms with Crippen molar-refractivity contribution in [2.24, 2.45) is 11.8 Å². The normalized spacial score (nSPS) is 29.6. The van der Waals surface area contributed by atoms with Crippen LogP contribution in [0.2, 0.25) is 0 Å². The van der Waals surface area contributed by atoms with E-state index in [1.165, 1.54) is 30.4 Å². The van der Waals surface area contributed by atoms with Gasteiger partial charge < -0.3 is 0 Å². The Morgan fingerprint density at radius 1 is 1.19 bits per heavy atom. The first-order valence-electron chi connectivity index (χ1n) is 6.35. The van der Waals surface area contributed by atoms with Crippen LogP contribution in [0.3, 0.4) is 0 Å². The van der Waals surface area contributed by atoms with Crippen molar-refractivity contribution in [1.82, 2.24) is 0 Å². The number of allylic oxidation sites excluding steroid dienone is 8. The Hall–Kier alpha value is -1.04. The summed E-state index contributed by atoms with van der Waals surface area (Å²) in [6.45, 7) is 6.80. The van der Waals surface area contributed by atoms with Crippen LogP contribution in [-0.2, 0) is 0 Å². The Bertz CT molecular complexity index is 377. The zero-order chi connectivity index (χ0) is 11.5. The Balaban J connectivity index is 2.00. The van der Waals surface area contributed by atoms with E-state index in [-0.39, 0.29) is 0 Å². The van der Waals surface area contributed by atoms with Gasteiger partial charge in [0.1, 0.15) is 0 Å². The van der Waals surface area contributed by atoms with Crippen LogP contribution < -0.4 is 0 Å². The lowest BCUT2D eigenvalue weighted by Crippen LogP contribution is -2.06. The van der Waals surface area contributed by atoms with Crippen molar-refractivity contribution in [2.75, 3.05) is 0 Å². The van der Waals surface area contributed by atoms with Gasteiger partial charge in [-0.3, -0.25) is 0 Å². The van der Waals surface area contributed by atoms with Crippen LogP contribution in [-0.4, -0.2) is 0 Å². The summed E-state index contributed by atoms with van der Waals surface area (Å²) in [6, 6.07) is 0. The van der Waals surface area contributed by atoms with E-state index in [1.54, 1.807) is 5.57 Å². The molecule has 0 N–H and O–H groups in total. The maximum absolute atomic E-state index is 2.45. The van der Waals surface area contributed by atoms with Crippen molar-refractivity contribution in [3.63, 3.8) is 0 Å². The summed E-state index contributed by atoms with van der Waals surface area (Å²) in [7, 11) is 0. The molecule has 0 amide bonds. The Morgan fingerprint density at radius 3 is 2.69 bits per heavy atom. The van der Waals surface area contributed by atoms with E-state index in [9.17, 15) is 0 Å². The van der Waals surface area contributed by atoms with Crippen molar-refractivity contribution in [3.8, 4) is 0 Å². The van der Waals surface area contributed by atoms with Crippen LogP contribution in [0, 0.1) is 11.8 Å². The molecule has 2 aliphatic rings. The van der Waals surface area contributed by atoms with E-state index >= 15 is 0 Å². The molecule has 0 heterocycles. The maximum Gasteiger partial charge on any atom is -0.0153 e. The molecule has 16 heavy (non-hydrogen) atoms. The monoisotopic (exact) mass is 214 g/mol. The van der Waals surface area contributed by atoms with Gasteiger partial charge in [-0.2, -0.15) is 0 Å². The molecule has 0 aliphatic heterocycles. The molecule has 0 aromatic carbocycles. The molecule has 86 valence electrons. The van der Waals surface area contributed by atoms with Crippen molar-refractivity contribution in [2.45, 2.75) is 40.0 Å². The lowest BCUT2D eigenvalue weighted by Gasteiger charge is -2.21. The minimum atomic E-state index is 0.714. The standard InChI is InChI=1S/C16H22/c1-12-5-4-6-15(8-12)11-16-9-13(2)7-14(3)10-16/h4-6,9-10,13,15H,7-8,11H2,1-3H3. The topological polar surface area (TPSA) is 0 Å². The molecule has 0 bridgehead atoms.